The minimum absolute atomic E-state index is 0.0878. The summed E-state index contributed by atoms with van der Waals surface area (Å²) >= 11 is 0. The molecule has 0 radical (unpaired) electrons. The molecule has 0 atom stereocenters. The Morgan fingerprint density at radius 1 is 1.20 bits per heavy atom. The number of rotatable bonds is 10. The smallest absolute Gasteiger partial charge is 0.292 e. The lowest BCUT2D eigenvalue weighted by molar-refractivity contribution is -0.383. The molecule has 0 unspecified atom stereocenters. The molecular formula is C13H20N2O5. The van der Waals surface area contributed by atoms with Crippen LogP contribution in [0.2, 0.25) is 0 Å². The van der Waals surface area contributed by atoms with E-state index in [9.17, 15) is 10.1 Å². The molecule has 0 saturated carbocycles. The van der Waals surface area contributed by atoms with Crippen LogP contribution in [0.5, 0.6) is 0 Å². The lowest BCUT2D eigenvalue weighted by Crippen LogP contribution is -2.07. The van der Waals surface area contributed by atoms with E-state index in [4.69, 9.17) is 19.9 Å². The Morgan fingerprint density at radius 3 is 2.60 bits per heavy atom. The van der Waals surface area contributed by atoms with Crippen LogP contribution in [0.25, 0.3) is 0 Å². The van der Waals surface area contributed by atoms with Crippen LogP contribution in [-0.4, -0.2) is 38.5 Å². The standard InChI is InChI=1S/C13H20N2O5/c1-18-5-2-6-19-7-8-20-10-11-3-4-13(15(16)17)12(14)9-11/h3-4,9H,2,5-8,10,14H2,1H3. The van der Waals surface area contributed by atoms with Crippen molar-refractivity contribution >= 4 is 11.4 Å². The number of nitro groups is 1. The van der Waals surface area contributed by atoms with E-state index in [2.05, 4.69) is 0 Å². The Balaban J connectivity index is 2.19. The van der Waals surface area contributed by atoms with Crippen LogP contribution >= 0.6 is 0 Å². The number of nitrogen functional groups attached to an aromatic ring is 1. The van der Waals surface area contributed by atoms with E-state index < -0.39 is 4.92 Å². The van der Waals surface area contributed by atoms with Crippen molar-refractivity contribution in [3.63, 3.8) is 0 Å². The molecule has 1 rings (SSSR count). The van der Waals surface area contributed by atoms with Crippen LogP contribution in [0.15, 0.2) is 18.2 Å². The fourth-order valence-electron chi connectivity index (χ4n) is 1.58. The van der Waals surface area contributed by atoms with E-state index in [0.717, 1.165) is 12.0 Å². The van der Waals surface area contributed by atoms with E-state index in [0.29, 0.717) is 33.0 Å². The minimum Gasteiger partial charge on any atom is -0.393 e. The average Bonchev–Trinajstić information content (AvgIpc) is 2.41. The van der Waals surface area contributed by atoms with Gasteiger partial charge in [0.15, 0.2) is 0 Å². The van der Waals surface area contributed by atoms with Crippen molar-refractivity contribution in [3.05, 3.63) is 33.9 Å². The number of nitro benzene ring substituents is 1. The third kappa shape index (κ3) is 5.96. The van der Waals surface area contributed by atoms with E-state index in [1.54, 1.807) is 19.2 Å². The van der Waals surface area contributed by atoms with Gasteiger partial charge in [0.05, 0.1) is 24.7 Å². The van der Waals surface area contributed by atoms with Crippen LogP contribution in [0.4, 0.5) is 11.4 Å². The summed E-state index contributed by atoms with van der Waals surface area (Å²) in [5, 5.41) is 10.6. The van der Waals surface area contributed by atoms with Crippen molar-refractivity contribution in [1.82, 2.24) is 0 Å². The summed E-state index contributed by atoms with van der Waals surface area (Å²) in [5.41, 5.74) is 6.44. The summed E-state index contributed by atoms with van der Waals surface area (Å²) in [5.74, 6) is 0. The van der Waals surface area contributed by atoms with Gasteiger partial charge in [-0.3, -0.25) is 10.1 Å². The predicted molar refractivity (Wildman–Crippen MR) is 74.5 cm³/mol. The van der Waals surface area contributed by atoms with E-state index in [1.165, 1.54) is 6.07 Å². The summed E-state index contributed by atoms with van der Waals surface area (Å²) in [4.78, 5) is 10.1. The van der Waals surface area contributed by atoms with Gasteiger partial charge in [-0.2, -0.15) is 0 Å². The van der Waals surface area contributed by atoms with Crippen molar-refractivity contribution in [3.8, 4) is 0 Å². The first-order valence-electron chi connectivity index (χ1n) is 6.32. The zero-order valence-electron chi connectivity index (χ0n) is 11.5. The molecule has 0 amide bonds. The molecule has 0 bridgehead atoms. The molecule has 0 saturated heterocycles. The van der Waals surface area contributed by atoms with Gasteiger partial charge in [0.2, 0.25) is 0 Å². The maximum absolute atomic E-state index is 10.6. The van der Waals surface area contributed by atoms with Gasteiger partial charge in [0, 0.05) is 26.4 Å². The van der Waals surface area contributed by atoms with E-state index >= 15 is 0 Å². The first-order chi connectivity index (χ1) is 9.65. The largest absolute Gasteiger partial charge is 0.393 e. The van der Waals surface area contributed by atoms with Crippen LogP contribution in [0.3, 0.4) is 0 Å². The normalized spacial score (nSPS) is 10.7. The predicted octanol–water partition coefficient (Wildman–Crippen LogP) is 1.75. The monoisotopic (exact) mass is 284 g/mol. The Labute approximate surface area is 117 Å². The lowest BCUT2D eigenvalue weighted by atomic mass is 10.2. The van der Waals surface area contributed by atoms with Crippen LogP contribution in [-0.2, 0) is 20.8 Å². The molecule has 7 nitrogen and oxygen atoms in total. The zero-order chi connectivity index (χ0) is 14.8. The third-order valence-electron chi connectivity index (χ3n) is 2.57. The maximum Gasteiger partial charge on any atom is 0.292 e. The SMILES string of the molecule is COCCCOCCOCc1ccc([N+](=O)[O-])c(N)c1. The van der Waals surface area contributed by atoms with Gasteiger partial charge < -0.3 is 19.9 Å². The first-order valence-corrected chi connectivity index (χ1v) is 6.32. The Hall–Kier alpha value is -1.70. The molecule has 0 spiro atoms. The average molecular weight is 284 g/mol. The second-order valence-corrected chi connectivity index (χ2v) is 4.16. The fourth-order valence-corrected chi connectivity index (χ4v) is 1.58. The topological polar surface area (TPSA) is 96.8 Å². The highest BCUT2D eigenvalue weighted by Gasteiger charge is 2.10. The molecule has 0 aromatic heterocycles. The van der Waals surface area contributed by atoms with Gasteiger partial charge in [0.1, 0.15) is 5.69 Å². The molecule has 112 valence electrons. The minimum atomic E-state index is -0.506. The molecular weight excluding hydrogens is 264 g/mol. The number of anilines is 1. The second kappa shape index (κ2) is 9.24. The number of hydrogen-bond donors (Lipinski definition) is 1. The highest BCUT2D eigenvalue weighted by molar-refractivity contribution is 5.59. The number of nitrogens with two attached hydrogens (primary N) is 1. The van der Waals surface area contributed by atoms with Gasteiger partial charge >= 0.3 is 0 Å². The molecule has 2 N–H and O–H groups in total. The van der Waals surface area contributed by atoms with Gasteiger partial charge in [-0.15, -0.1) is 0 Å². The third-order valence-corrected chi connectivity index (χ3v) is 2.57. The van der Waals surface area contributed by atoms with E-state index in [-0.39, 0.29) is 11.4 Å². The Bertz CT molecular complexity index is 425. The summed E-state index contributed by atoms with van der Waals surface area (Å²) < 4.78 is 15.6. The number of nitrogens with zero attached hydrogens (tertiary/aromatic N) is 1. The maximum atomic E-state index is 10.6. The van der Waals surface area contributed by atoms with Gasteiger partial charge in [-0.05, 0) is 24.1 Å². The lowest BCUT2D eigenvalue weighted by Gasteiger charge is -2.06. The van der Waals surface area contributed by atoms with E-state index in [1.807, 2.05) is 0 Å². The van der Waals surface area contributed by atoms with Crippen molar-refractivity contribution in [1.29, 1.82) is 0 Å². The summed E-state index contributed by atoms with van der Waals surface area (Å²) in [6, 6.07) is 4.57. The zero-order valence-corrected chi connectivity index (χ0v) is 11.5. The van der Waals surface area contributed by atoms with Crippen LogP contribution < -0.4 is 5.73 Å². The number of hydrogen-bond acceptors (Lipinski definition) is 6. The summed E-state index contributed by atoms with van der Waals surface area (Å²) in [6.07, 6.45) is 0.857. The second-order valence-electron chi connectivity index (χ2n) is 4.16. The van der Waals surface area contributed by atoms with Gasteiger partial charge in [-0.25, -0.2) is 0 Å². The molecule has 0 aliphatic carbocycles. The molecule has 0 aliphatic rings. The molecule has 0 fully saturated rings. The molecule has 7 heteroatoms. The summed E-state index contributed by atoms with van der Waals surface area (Å²) in [6.45, 7) is 2.64. The quantitative estimate of drug-likeness (QED) is 0.304. The first kappa shape index (κ1) is 16.4. The molecule has 1 aromatic rings. The molecule has 1 aromatic carbocycles. The van der Waals surface area contributed by atoms with Gasteiger partial charge in [-0.1, -0.05) is 0 Å². The highest BCUT2D eigenvalue weighted by atomic mass is 16.6. The van der Waals surface area contributed by atoms with Crippen LogP contribution in [0, 0.1) is 10.1 Å². The molecule has 0 aliphatic heterocycles. The number of methoxy groups -OCH3 is 1. The number of ether oxygens (including phenoxy) is 3. The van der Waals surface area contributed by atoms with Crippen molar-refractivity contribution in [2.45, 2.75) is 13.0 Å². The van der Waals surface area contributed by atoms with Crippen molar-refractivity contribution < 1.29 is 19.1 Å². The molecule has 0 heterocycles. The van der Waals surface area contributed by atoms with Crippen LogP contribution in [0.1, 0.15) is 12.0 Å². The fraction of sp³-hybridized carbons (Fsp3) is 0.538. The summed E-state index contributed by atoms with van der Waals surface area (Å²) in [7, 11) is 1.65. The van der Waals surface area contributed by atoms with Crippen molar-refractivity contribution in [2.24, 2.45) is 0 Å². The molecule has 20 heavy (non-hydrogen) atoms. The van der Waals surface area contributed by atoms with Gasteiger partial charge in [0.25, 0.3) is 5.69 Å². The Kier molecular flexibility index (Phi) is 7.56. The highest BCUT2D eigenvalue weighted by Crippen LogP contribution is 2.22. The Morgan fingerprint density at radius 2 is 1.95 bits per heavy atom. The number of benzene rings is 1. The van der Waals surface area contributed by atoms with Crippen molar-refractivity contribution in [2.75, 3.05) is 39.3 Å².